The van der Waals surface area contributed by atoms with Crippen LogP contribution < -0.4 is 4.74 Å². The summed E-state index contributed by atoms with van der Waals surface area (Å²) in [5, 5.41) is 11.0. The second-order valence-electron chi connectivity index (χ2n) is 7.93. The molecule has 0 amide bonds. The Morgan fingerprint density at radius 2 is 2.00 bits per heavy atom. The largest absolute Gasteiger partial charge is 0.497 e. The molecule has 1 atom stereocenters. The predicted octanol–water partition coefficient (Wildman–Crippen LogP) is 2.72. The maximum atomic E-state index is 12.6. The molecular weight excluding hydrogens is 434 g/mol. The first-order chi connectivity index (χ1) is 16.3. The number of hydrogen-bond acceptors (Lipinski definition) is 8. The number of carbonyl (C=O) groups is 2. The van der Waals surface area contributed by atoms with Gasteiger partial charge in [0.2, 0.25) is 0 Å². The van der Waals surface area contributed by atoms with Gasteiger partial charge in [0.15, 0.2) is 23.4 Å². The van der Waals surface area contributed by atoms with Crippen LogP contribution in [0.3, 0.4) is 0 Å². The molecule has 0 saturated heterocycles. The molecule has 0 unspecified atom stereocenters. The molecule has 2 aromatic carbocycles. The molecule has 8 nitrogen and oxygen atoms in total. The summed E-state index contributed by atoms with van der Waals surface area (Å²) in [6.45, 7) is 2.45. The molecule has 0 bridgehead atoms. The van der Waals surface area contributed by atoms with Crippen LogP contribution in [0.15, 0.2) is 42.5 Å². The third kappa shape index (κ3) is 5.95. The van der Waals surface area contributed by atoms with E-state index in [0.717, 1.165) is 0 Å². The summed E-state index contributed by atoms with van der Waals surface area (Å²) in [7, 11) is 5.26. The second kappa shape index (κ2) is 10.9. The standard InChI is InChI=1S/C26H27N3O5/c1-5-34-25(31)23-21-10-9-20(33-4)16-22(21)27-24(28-23)19-8-6-7-18(15-19)11-12-26(32,17-30)13-14-29(2)3/h6-10,15-17,32H,5,13-14H2,1-4H3/t26-/m0/s1. The number of aliphatic hydroxyl groups is 1. The lowest BCUT2D eigenvalue weighted by molar-refractivity contribution is -0.119. The van der Waals surface area contributed by atoms with Crippen LogP contribution in [-0.4, -0.2) is 72.2 Å². The van der Waals surface area contributed by atoms with Crippen molar-refractivity contribution in [2.24, 2.45) is 0 Å². The Morgan fingerprint density at radius 1 is 1.21 bits per heavy atom. The highest BCUT2D eigenvalue weighted by molar-refractivity contribution is 6.02. The topological polar surface area (TPSA) is 102 Å². The van der Waals surface area contributed by atoms with Crippen molar-refractivity contribution >= 4 is 23.2 Å². The van der Waals surface area contributed by atoms with E-state index in [0.29, 0.717) is 46.4 Å². The van der Waals surface area contributed by atoms with Gasteiger partial charge in [0.1, 0.15) is 5.75 Å². The van der Waals surface area contributed by atoms with Crippen LogP contribution in [0.4, 0.5) is 0 Å². The van der Waals surface area contributed by atoms with Gasteiger partial charge < -0.3 is 19.5 Å². The monoisotopic (exact) mass is 461 g/mol. The molecule has 0 aliphatic heterocycles. The SMILES string of the molecule is CCOC(=O)c1nc(-c2cccc(C#C[C@@](O)(C=O)CCN(C)C)c2)nc2cc(OC)ccc12. The van der Waals surface area contributed by atoms with Crippen molar-refractivity contribution in [2.75, 3.05) is 34.4 Å². The first-order valence-electron chi connectivity index (χ1n) is 10.8. The first-order valence-corrected chi connectivity index (χ1v) is 10.8. The molecule has 0 fully saturated rings. The summed E-state index contributed by atoms with van der Waals surface area (Å²) in [5.41, 5.74) is 0.121. The normalized spacial score (nSPS) is 12.5. The summed E-state index contributed by atoms with van der Waals surface area (Å²) < 4.78 is 10.5. The highest BCUT2D eigenvalue weighted by Gasteiger charge is 2.23. The zero-order valence-corrected chi connectivity index (χ0v) is 19.7. The van der Waals surface area contributed by atoms with Gasteiger partial charge in [0.05, 0.1) is 19.2 Å². The van der Waals surface area contributed by atoms with E-state index in [9.17, 15) is 14.7 Å². The van der Waals surface area contributed by atoms with E-state index in [2.05, 4.69) is 21.8 Å². The molecule has 0 aliphatic rings. The number of nitrogens with zero attached hydrogens (tertiary/aromatic N) is 3. The number of benzene rings is 2. The van der Waals surface area contributed by atoms with Crippen LogP contribution >= 0.6 is 0 Å². The number of rotatable bonds is 8. The van der Waals surface area contributed by atoms with Gasteiger partial charge in [-0.15, -0.1) is 0 Å². The molecular formula is C26H27N3O5. The Balaban J connectivity index is 2.05. The third-order valence-electron chi connectivity index (χ3n) is 5.05. The van der Waals surface area contributed by atoms with Crippen LogP contribution in [0.2, 0.25) is 0 Å². The molecule has 0 aliphatic carbocycles. The average molecular weight is 462 g/mol. The fourth-order valence-corrected chi connectivity index (χ4v) is 3.18. The molecule has 176 valence electrons. The van der Waals surface area contributed by atoms with Crippen molar-refractivity contribution < 1.29 is 24.2 Å². The van der Waals surface area contributed by atoms with E-state index in [1.165, 1.54) is 0 Å². The average Bonchev–Trinajstić information content (AvgIpc) is 2.85. The number of fused-ring (bicyclic) bond motifs is 1. The number of carbonyl (C=O) groups excluding carboxylic acids is 2. The fourth-order valence-electron chi connectivity index (χ4n) is 3.18. The van der Waals surface area contributed by atoms with Gasteiger partial charge in [0, 0.05) is 35.5 Å². The maximum absolute atomic E-state index is 12.6. The van der Waals surface area contributed by atoms with Gasteiger partial charge in [-0.05, 0) is 45.3 Å². The summed E-state index contributed by atoms with van der Waals surface area (Å²) in [4.78, 5) is 35.0. The van der Waals surface area contributed by atoms with Gasteiger partial charge >= 0.3 is 5.97 Å². The lowest BCUT2D eigenvalue weighted by Crippen LogP contribution is -2.33. The van der Waals surface area contributed by atoms with E-state index < -0.39 is 11.6 Å². The number of esters is 1. The fraction of sp³-hybridized carbons (Fsp3) is 0.308. The summed E-state index contributed by atoms with van der Waals surface area (Å²) in [5.74, 6) is 5.89. The number of aldehydes is 1. The molecule has 3 aromatic rings. The number of methoxy groups -OCH3 is 1. The van der Waals surface area contributed by atoms with Crippen molar-refractivity contribution in [1.82, 2.24) is 14.9 Å². The van der Waals surface area contributed by atoms with Crippen LogP contribution in [0.1, 0.15) is 29.4 Å². The Hall–Kier alpha value is -3.80. The Bertz CT molecular complexity index is 1260. The van der Waals surface area contributed by atoms with Gasteiger partial charge in [-0.3, -0.25) is 4.79 Å². The van der Waals surface area contributed by atoms with Gasteiger partial charge in [0.25, 0.3) is 0 Å². The van der Waals surface area contributed by atoms with Crippen molar-refractivity contribution in [1.29, 1.82) is 0 Å². The lowest BCUT2D eigenvalue weighted by Gasteiger charge is -2.17. The van der Waals surface area contributed by atoms with Crippen LogP contribution in [-0.2, 0) is 9.53 Å². The van der Waals surface area contributed by atoms with E-state index in [4.69, 9.17) is 9.47 Å². The highest BCUT2D eigenvalue weighted by atomic mass is 16.5. The van der Waals surface area contributed by atoms with Crippen molar-refractivity contribution in [3.63, 3.8) is 0 Å². The van der Waals surface area contributed by atoms with Crippen LogP contribution in [0.5, 0.6) is 5.75 Å². The molecule has 0 spiro atoms. The smallest absolute Gasteiger partial charge is 0.357 e. The molecule has 0 radical (unpaired) electrons. The van der Waals surface area contributed by atoms with Crippen LogP contribution in [0.25, 0.3) is 22.3 Å². The Morgan fingerprint density at radius 3 is 2.68 bits per heavy atom. The van der Waals surface area contributed by atoms with E-state index in [1.807, 2.05) is 19.0 Å². The minimum atomic E-state index is -1.74. The molecule has 0 saturated carbocycles. The number of aromatic nitrogens is 2. The summed E-state index contributed by atoms with van der Waals surface area (Å²) in [6, 6.07) is 12.2. The molecule has 1 N–H and O–H groups in total. The number of ether oxygens (including phenoxy) is 2. The quantitative estimate of drug-likeness (QED) is 0.310. The molecule has 8 heteroatoms. The van der Waals surface area contributed by atoms with Crippen molar-refractivity contribution in [3.8, 4) is 29.0 Å². The minimum Gasteiger partial charge on any atom is -0.497 e. The highest BCUT2D eigenvalue weighted by Crippen LogP contribution is 2.26. The Labute approximate surface area is 198 Å². The third-order valence-corrected chi connectivity index (χ3v) is 5.05. The summed E-state index contributed by atoms with van der Waals surface area (Å²) in [6.07, 6.45) is 0.646. The van der Waals surface area contributed by atoms with E-state index in [-0.39, 0.29) is 18.7 Å². The second-order valence-corrected chi connectivity index (χ2v) is 7.93. The molecule has 34 heavy (non-hydrogen) atoms. The minimum absolute atomic E-state index is 0.153. The Kier molecular flexibility index (Phi) is 7.95. The van der Waals surface area contributed by atoms with Crippen LogP contribution in [0, 0.1) is 11.8 Å². The molecule has 1 aromatic heterocycles. The molecule has 1 heterocycles. The van der Waals surface area contributed by atoms with Gasteiger partial charge in [-0.2, -0.15) is 0 Å². The maximum Gasteiger partial charge on any atom is 0.357 e. The van der Waals surface area contributed by atoms with Gasteiger partial charge in [-0.25, -0.2) is 14.8 Å². The van der Waals surface area contributed by atoms with Gasteiger partial charge in [-0.1, -0.05) is 24.0 Å². The zero-order valence-electron chi connectivity index (χ0n) is 19.7. The number of hydrogen-bond donors (Lipinski definition) is 1. The molecule has 3 rings (SSSR count). The predicted molar refractivity (Wildman–Crippen MR) is 129 cm³/mol. The van der Waals surface area contributed by atoms with E-state index in [1.54, 1.807) is 56.5 Å². The van der Waals surface area contributed by atoms with E-state index >= 15 is 0 Å². The van der Waals surface area contributed by atoms with Crippen molar-refractivity contribution in [3.05, 3.63) is 53.7 Å². The summed E-state index contributed by atoms with van der Waals surface area (Å²) >= 11 is 0. The van der Waals surface area contributed by atoms with Crippen molar-refractivity contribution in [2.45, 2.75) is 18.9 Å². The first kappa shape index (κ1) is 24.8. The lowest BCUT2D eigenvalue weighted by atomic mass is 10.0. The zero-order chi connectivity index (χ0) is 24.7.